The maximum atomic E-state index is 12.5. The van der Waals surface area contributed by atoms with Crippen molar-refractivity contribution in [3.63, 3.8) is 0 Å². The van der Waals surface area contributed by atoms with Gasteiger partial charge in [-0.25, -0.2) is 9.78 Å². The molecule has 9 heteroatoms. The minimum atomic E-state index is -1.06. The predicted octanol–water partition coefficient (Wildman–Crippen LogP) is 3.22. The summed E-state index contributed by atoms with van der Waals surface area (Å²) in [5.41, 5.74) is 1.40. The fourth-order valence-electron chi connectivity index (χ4n) is 4.22. The zero-order chi connectivity index (χ0) is 25.9. The van der Waals surface area contributed by atoms with Crippen LogP contribution in [0.4, 0.5) is 11.5 Å². The van der Waals surface area contributed by atoms with Crippen LogP contribution in [-0.2, 0) is 4.79 Å². The lowest BCUT2D eigenvalue weighted by molar-refractivity contribution is -0.123. The molecule has 0 saturated carbocycles. The number of nitrogens with zero attached hydrogens (tertiary/aromatic N) is 3. The highest BCUT2D eigenvalue weighted by Crippen LogP contribution is 2.27. The molecule has 1 aliphatic rings. The predicted molar refractivity (Wildman–Crippen MR) is 140 cm³/mol. The van der Waals surface area contributed by atoms with Crippen molar-refractivity contribution < 1.29 is 19.5 Å². The van der Waals surface area contributed by atoms with Gasteiger partial charge >= 0.3 is 5.97 Å². The number of hydrogen-bond donors (Lipinski definition) is 3. The smallest absolute Gasteiger partial charge is 0.336 e. The van der Waals surface area contributed by atoms with Gasteiger partial charge in [0.1, 0.15) is 5.82 Å². The van der Waals surface area contributed by atoms with Crippen LogP contribution in [0.1, 0.15) is 41.5 Å². The van der Waals surface area contributed by atoms with Crippen molar-refractivity contribution in [2.75, 3.05) is 42.9 Å². The highest BCUT2D eigenvalue weighted by molar-refractivity contribution is 6.08. The van der Waals surface area contributed by atoms with Crippen LogP contribution in [0.15, 0.2) is 54.6 Å². The lowest BCUT2D eigenvalue weighted by Crippen LogP contribution is -2.52. The number of nitrogens with one attached hydrogen (secondary N) is 2. The molecule has 0 spiro atoms. The molecule has 1 fully saturated rings. The topological polar surface area (TPSA) is 115 Å². The number of carboxylic acid groups (broad SMARTS) is 1. The van der Waals surface area contributed by atoms with Crippen molar-refractivity contribution in [3.05, 3.63) is 65.7 Å². The van der Waals surface area contributed by atoms with E-state index in [1.165, 1.54) is 0 Å². The molecule has 2 aromatic carbocycles. The number of pyridine rings is 1. The zero-order valence-electron chi connectivity index (χ0n) is 20.7. The summed E-state index contributed by atoms with van der Waals surface area (Å²) in [7, 11) is 0. The Bertz CT molecular complexity index is 1280. The van der Waals surface area contributed by atoms with Crippen LogP contribution >= 0.6 is 0 Å². The number of hydrogen-bond acceptors (Lipinski definition) is 6. The number of carbonyl (C=O) groups excluding carboxylic acids is 2. The van der Waals surface area contributed by atoms with Crippen molar-refractivity contribution in [3.8, 4) is 0 Å². The largest absolute Gasteiger partial charge is 0.478 e. The van der Waals surface area contributed by atoms with Gasteiger partial charge in [0, 0.05) is 48.4 Å². The van der Waals surface area contributed by atoms with E-state index in [-0.39, 0.29) is 22.9 Å². The van der Waals surface area contributed by atoms with Crippen molar-refractivity contribution in [1.82, 2.24) is 15.2 Å². The van der Waals surface area contributed by atoms with Crippen molar-refractivity contribution in [2.24, 2.45) is 0 Å². The molecule has 0 radical (unpaired) electrons. The quantitative estimate of drug-likeness (QED) is 0.487. The van der Waals surface area contributed by atoms with E-state index in [0.717, 1.165) is 0 Å². The molecule has 188 valence electrons. The first kappa shape index (κ1) is 25.1. The van der Waals surface area contributed by atoms with E-state index in [1.54, 1.807) is 48.5 Å². The zero-order valence-corrected chi connectivity index (χ0v) is 20.7. The molecule has 2 amide bonds. The van der Waals surface area contributed by atoms with Crippen LogP contribution in [-0.4, -0.2) is 71.0 Å². The van der Waals surface area contributed by atoms with Gasteiger partial charge < -0.3 is 20.6 Å². The third-order valence-electron chi connectivity index (χ3n) is 5.90. The Labute approximate surface area is 210 Å². The fourth-order valence-corrected chi connectivity index (χ4v) is 4.22. The number of fused-ring (bicyclic) bond motifs is 1. The molecule has 3 aromatic rings. The van der Waals surface area contributed by atoms with Gasteiger partial charge in [-0.1, -0.05) is 18.2 Å². The molecule has 1 aromatic heterocycles. The molecule has 9 nitrogen and oxygen atoms in total. The standard InChI is InChI=1S/C27H31N5O4/c1-27(2,3)30-24(33)17-31-11-13-32(14-12-31)23-16-21(26(35)36)20-15-19(9-10-22(20)29-23)28-25(34)18-7-5-4-6-8-18/h4-10,15-16H,11-14,17H2,1-3H3,(H,28,34)(H,30,33)(H,35,36). The minimum absolute atomic E-state index is 0.0110. The van der Waals surface area contributed by atoms with Crippen LogP contribution in [0, 0.1) is 0 Å². The molecular formula is C27H31N5O4. The second kappa shape index (κ2) is 10.3. The molecule has 4 rings (SSSR count). The van der Waals surface area contributed by atoms with E-state index in [9.17, 15) is 19.5 Å². The molecule has 0 atom stereocenters. The average Bonchev–Trinajstić information content (AvgIpc) is 2.83. The van der Waals surface area contributed by atoms with Gasteiger partial charge in [-0.2, -0.15) is 0 Å². The van der Waals surface area contributed by atoms with E-state index in [1.807, 2.05) is 31.7 Å². The van der Waals surface area contributed by atoms with Crippen LogP contribution < -0.4 is 15.5 Å². The highest BCUT2D eigenvalue weighted by atomic mass is 16.4. The molecule has 3 N–H and O–H groups in total. The molecule has 1 saturated heterocycles. The van der Waals surface area contributed by atoms with E-state index >= 15 is 0 Å². The number of rotatable bonds is 6. The maximum absolute atomic E-state index is 12.5. The molecule has 1 aliphatic heterocycles. The highest BCUT2D eigenvalue weighted by Gasteiger charge is 2.23. The first-order valence-electron chi connectivity index (χ1n) is 11.9. The number of amides is 2. The second-order valence-corrected chi connectivity index (χ2v) is 9.95. The first-order chi connectivity index (χ1) is 17.1. The summed E-state index contributed by atoms with van der Waals surface area (Å²) < 4.78 is 0. The second-order valence-electron chi connectivity index (χ2n) is 9.95. The van der Waals surface area contributed by atoms with Gasteiger partial charge in [-0.05, 0) is 57.2 Å². The monoisotopic (exact) mass is 489 g/mol. The van der Waals surface area contributed by atoms with E-state index in [4.69, 9.17) is 4.98 Å². The molecule has 2 heterocycles. The number of piperazine rings is 1. The normalized spacial score (nSPS) is 14.5. The molecule has 0 bridgehead atoms. The molecule has 0 unspecified atom stereocenters. The number of aromatic nitrogens is 1. The number of aromatic carboxylic acids is 1. The van der Waals surface area contributed by atoms with Gasteiger partial charge in [-0.15, -0.1) is 0 Å². The Hall–Kier alpha value is -3.98. The molecule has 36 heavy (non-hydrogen) atoms. The number of carboxylic acids is 1. The van der Waals surface area contributed by atoms with E-state index in [0.29, 0.717) is 60.7 Å². The van der Waals surface area contributed by atoms with Gasteiger partial charge in [0.15, 0.2) is 0 Å². The Morgan fingerprint density at radius 1 is 0.972 bits per heavy atom. The summed E-state index contributed by atoms with van der Waals surface area (Å²) in [6.45, 7) is 8.79. The van der Waals surface area contributed by atoms with E-state index in [2.05, 4.69) is 15.5 Å². The van der Waals surface area contributed by atoms with E-state index < -0.39 is 5.97 Å². The number of anilines is 2. The summed E-state index contributed by atoms with van der Waals surface area (Å²) in [6.07, 6.45) is 0. The third kappa shape index (κ3) is 6.17. The summed E-state index contributed by atoms with van der Waals surface area (Å²) in [6, 6.07) is 15.5. The summed E-state index contributed by atoms with van der Waals surface area (Å²) in [5, 5.41) is 16.2. The summed E-state index contributed by atoms with van der Waals surface area (Å²) in [4.78, 5) is 45.7. The van der Waals surface area contributed by atoms with Crippen LogP contribution in [0.2, 0.25) is 0 Å². The summed E-state index contributed by atoms with van der Waals surface area (Å²) >= 11 is 0. The van der Waals surface area contributed by atoms with Crippen LogP contribution in [0.3, 0.4) is 0 Å². The van der Waals surface area contributed by atoms with Gasteiger partial charge in [0.2, 0.25) is 5.91 Å². The van der Waals surface area contributed by atoms with Gasteiger partial charge in [-0.3, -0.25) is 14.5 Å². The Morgan fingerprint density at radius 2 is 1.67 bits per heavy atom. The lowest BCUT2D eigenvalue weighted by atomic mass is 10.1. The fraction of sp³-hybridized carbons (Fsp3) is 0.333. The van der Waals surface area contributed by atoms with Crippen LogP contribution in [0.5, 0.6) is 0 Å². The Kier molecular flexibility index (Phi) is 7.21. The number of carbonyl (C=O) groups is 3. The average molecular weight is 490 g/mol. The maximum Gasteiger partial charge on any atom is 0.336 e. The molecule has 0 aliphatic carbocycles. The SMILES string of the molecule is CC(C)(C)NC(=O)CN1CCN(c2cc(C(=O)O)c3cc(NC(=O)c4ccccc4)ccc3n2)CC1. The lowest BCUT2D eigenvalue weighted by Gasteiger charge is -2.35. The van der Waals surface area contributed by atoms with Gasteiger partial charge in [0.25, 0.3) is 5.91 Å². The third-order valence-corrected chi connectivity index (χ3v) is 5.90. The summed E-state index contributed by atoms with van der Waals surface area (Å²) in [5.74, 6) is -0.763. The number of benzene rings is 2. The Morgan fingerprint density at radius 3 is 2.31 bits per heavy atom. The van der Waals surface area contributed by atoms with Gasteiger partial charge in [0.05, 0.1) is 17.6 Å². The van der Waals surface area contributed by atoms with Crippen molar-refractivity contribution in [1.29, 1.82) is 0 Å². The van der Waals surface area contributed by atoms with Crippen molar-refractivity contribution >= 4 is 40.2 Å². The Balaban J connectivity index is 1.49. The van der Waals surface area contributed by atoms with Crippen molar-refractivity contribution in [2.45, 2.75) is 26.3 Å². The first-order valence-corrected chi connectivity index (χ1v) is 11.9. The molecular weight excluding hydrogens is 458 g/mol. The van der Waals surface area contributed by atoms with Crippen LogP contribution in [0.25, 0.3) is 10.9 Å². The minimum Gasteiger partial charge on any atom is -0.478 e.